The lowest BCUT2D eigenvalue weighted by atomic mass is 10.1. The normalized spacial score (nSPS) is 10.0. The molecule has 0 aromatic carbocycles. The van der Waals surface area contributed by atoms with Gasteiger partial charge in [-0.2, -0.15) is 0 Å². The van der Waals surface area contributed by atoms with Crippen LogP contribution >= 0.6 is 0 Å². The predicted octanol–water partition coefficient (Wildman–Crippen LogP) is 2.90. The number of hydrogen-bond acceptors (Lipinski definition) is 1. The van der Waals surface area contributed by atoms with Crippen molar-refractivity contribution in [3.8, 4) is 11.8 Å². The number of aliphatic hydroxyl groups is 1. The molecule has 0 aromatic heterocycles. The second kappa shape index (κ2) is 11.3. The van der Waals surface area contributed by atoms with Crippen molar-refractivity contribution >= 4 is 0 Å². The molecule has 13 heavy (non-hydrogen) atoms. The molecule has 0 atom stereocenters. The van der Waals surface area contributed by atoms with Crippen molar-refractivity contribution in [3.05, 3.63) is 12.2 Å². The summed E-state index contributed by atoms with van der Waals surface area (Å²) in [4.78, 5) is 0. The largest absolute Gasteiger partial charge is 0.395 e. The van der Waals surface area contributed by atoms with Crippen LogP contribution in [0.15, 0.2) is 12.2 Å². The third-order valence-electron chi connectivity index (χ3n) is 1.76. The van der Waals surface area contributed by atoms with Crippen LogP contribution in [0.4, 0.5) is 0 Å². The fraction of sp³-hybridized carbons (Fsp3) is 0.667. The van der Waals surface area contributed by atoms with Crippen LogP contribution < -0.4 is 0 Å². The van der Waals surface area contributed by atoms with Gasteiger partial charge in [-0.1, -0.05) is 44.1 Å². The molecule has 0 fully saturated rings. The molecule has 0 saturated heterocycles. The molecule has 74 valence electrons. The highest BCUT2D eigenvalue weighted by molar-refractivity contribution is 5.14. The van der Waals surface area contributed by atoms with Gasteiger partial charge in [-0.05, 0) is 18.9 Å². The first-order valence-electron chi connectivity index (χ1n) is 5.16. The van der Waals surface area contributed by atoms with Crippen molar-refractivity contribution < 1.29 is 5.11 Å². The molecular weight excluding hydrogens is 160 g/mol. The molecule has 0 amide bonds. The fourth-order valence-electron chi connectivity index (χ4n) is 1.02. The average molecular weight is 180 g/mol. The fourth-order valence-corrected chi connectivity index (χ4v) is 1.02. The van der Waals surface area contributed by atoms with Gasteiger partial charge in [-0.3, -0.25) is 0 Å². The molecule has 1 nitrogen and oxygen atoms in total. The minimum Gasteiger partial charge on any atom is -0.395 e. The second-order valence-electron chi connectivity index (χ2n) is 3.05. The predicted molar refractivity (Wildman–Crippen MR) is 57.4 cm³/mol. The monoisotopic (exact) mass is 180 g/mol. The Hall–Kier alpha value is -0.740. The van der Waals surface area contributed by atoms with Crippen LogP contribution in [0.25, 0.3) is 0 Å². The maximum absolute atomic E-state index is 8.44. The Balaban J connectivity index is 3.18. The van der Waals surface area contributed by atoms with Crippen LogP contribution in [-0.4, -0.2) is 11.7 Å². The first kappa shape index (κ1) is 12.3. The van der Waals surface area contributed by atoms with E-state index in [0.717, 1.165) is 6.42 Å². The van der Waals surface area contributed by atoms with Crippen LogP contribution in [-0.2, 0) is 0 Å². The first-order valence-corrected chi connectivity index (χ1v) is 5.16. The number of rotatable bonds is 6. The lowest BCUT2D eigenvalue weighted by Crippen LogP contribution is -1.75. The zero-order chi connectivity index (χ0) is 9.78. The summed E-state index contributed by atoms with van der Waals surface area (Å²) in [5.74, 6) is 5.74. The maximum Gasteiger partial charge on any atom is 0.0540 e. The van der Waals surface area contributed by atoms with Crippen LogP contribution in [0.2, 0.25) is 0 Å². The summed E-state index contributed by atoms with van der Waals surface area (Å²) < 4.78 is 0. The quantitative estimate of drug-likeness (QED) is 0.492. The average Bonchev–Trinajstić information content (AvgIpc) is 2.16. The first-order chi connectivity index (χ1) is 6.41. The van der Waals surface area contributed by atoms with Crippen LogP contribution in [0.1, 0.15) is 45.4 Å². The standard InChI is InChI=1S/C12H20O/c1-2-3-4-5-6-7-8-9-10-11-12-13/h7-8,13H,2-6,11-12H2,1H3/b8-7+. The Morgan fingerprint density at radius 3 is 2.77 bits per heavy atom. The van der Waals surface area contributed by atoms with Gasteiger partial charge in [-0.15, -0.1) is 0 Å². The molecule has 0 bridgehead atoms. The zero-order valence-electron chi connectivity index (χ0n) is 8.55. The SMILES string of the molecule is CCCCCC/C=C/C#CCCO. The molecule has 1 N–H and O–H groups in total. The van der Waals surface area contributed by atoms with Crippen molar-refractivity contribution in [3.63, 3.8) is 0 Å². The van der Waals surface area contributed by atoms with Crippen molar-refractivity contribution in [2.75, 3.05) is 6.61 Å². The van der Waals surface area contributed by atoms with E-state index >= 15 is 0 Å². The zero-order valence-corrected chi connectivity index (χ0v) is 8.55. The Labute approximate surface area is 81.9 Å². The summed E-state index contributed by atoms with van der Waals surface area (Å²) in [7, 11) is 0. The van der Waals surface area contributed by atoms with Crippen molar-refractivity contribution in [2.45, 2.75) is 45.4 Å². The summed E-state index contributed by atoms with van der Waals surface area (Å²) in [6.45, 7) is 2.38. The van der Waals surface area contributed by atoms with Crippen LogP contribution in [0.5, 0.6) is 0 Å². The number of allylic oxidation sites excluding steroid dienone is 2. The molecule has 0 aliphatic rings. The highest BCUT2D eigenvalue weighted by Gasteiger charge is 1.82. The summed E-state index contributed by atoms with van der Waals surface area (Å²) >= 11 is 0. The van der Waals surface area contributed by atoms with E-state index in [4.69, 9.17) is 5.11 Å². The lowest BCUT2D eigenvalue weighted by Gasteiger charge is -1.92. The summed E-state index contributed by atoms with van der Waals surface area (Å²) in [6.07, 6.45) is 10.9. The summed E-state index contributed by atoms with van der Waals surface area (Å²) in [5.41, 5.74) is 0. The van der Waals surface area contributed by atoms with Gasteiger partial charge in [0.15, 0.2) is 0 Å². The Morgan fingerprint density at radius 1 is 1.23 bits per heavy atom. The van der Waals surface area contributed by atoms with Gasteiger partial charge in [0.1, 0.15) is 0 Å². The van der Waals surface area contributed by atoms with E-state index in [9.17, 15) is 0 Å². The van der Waals surface area contributed by atoms with Gasteiger partial charge in [0.2, 0.25) is 0 Å². The van der Waals surface area contributed by atoms with E-state index in [0.29, 0.717) is 6.42 Å². The third-order valence-corrected chi connectivity index (χ3v) is 1.76. The lowest BCUT2D eigenvalue weighted by molar-refractivity contribution is 0.305. The van der Waals surface area contributed by atoms with Crippen LogP contribution in [0, 0.1) is 11.8 Å². The van der Waals surface area contributed by atoms with E-state index in [-0.39, 0.29) is 6.61 Å². The van der Waals surface area contributed by atoms with Crippen molar-refractivity contribution in [2.24, 2.45) is 0 Å². The van der Waals surface area contributed by atoms with Gasteiger partial charge >= 0.3 is 0 Å². The highest BCUT2D eigenvalue weighted by atomic mass is 16.2. The number of aliphatic hydroxyl groups excluding tert-OH is 1. The highest BCUT2D eigenvalue weighted by Crippen LogP contribution is 2.02. The molecule has 0 spiro atoms. The summed E-state index contributed by atoms with van der Waals surface area (Å²) in [6, 6.07) is 0. The maximum atomic E-state index is 8.44. The van der Waals surface area contributed by atoms with Gasteiger partial charge in [0.25, 0.3) is 0 Å². The molecule has 0 rings (SSSR count). The van der Waals surface area contributed by atoms with Crippen LogP contribution in [0.3, 0.4) is 0 Å². The third kappa shape index (κ3) is 11.3. The molecular formula is C12H20O. The van der Waals surface area contributed by atoms with Crippen molar-refractivity contribution in [1.29, 1.82) is 0 Å². The molecule has 0 heterocycles. The van der Waals surface area contributed by atoms with E-state index in [1.54, 1.807) is 0 Å². The van der Waals surface area contributed by atoms with Gasteiger partial charge < -0.3 is 5.11 Å². The van der Waals surface area contributed by atoms with E-state index in [2.05, 4.69) is 24.8 Å². The van der Waals surface area contributed by atoms with E-state index in [1.807, 2.05) is 6.08 Å². The molecule has 0 aliphatic carbocycles. The minimum atomic E-state index is 0.164. The molecule has 0 unspecified atom stereocenters. The van der Waals surface area contributed by atoms with E-state index < -0.39 is 0 Å². The van der Waals surface area contributed by atoms with E-state index in [1.165, 1.54) is 25.7 Å². The summed E-state index contributed by atoms with van der Waals surface area (Å²) in [5, 5.41) is 8.44. The molecule has 0 radical (unpaired) electrons. The number of hydrogen-bond donors (Lipinski definition) is 1. The molecule has 0 saturated carbocycles. The Kier molecular flexibility index (Phi) is 10.6. The minimum absolute atomic E-state index is 0.164. The van der Waals surface area contributed by atoms with Gasteiger partial charge in [0, 0.05) is 6.42 Å². The Morgan fingerprint density at radius 2 is 2.08 bits per heavy atom. The molecule has 1 heteroatoms. The molecule has 0 aliphatic heterocycles. The van der Waals surface area contributed by atoms with Crippen molar-refractivity contribution in [1.82, 2.24) is 0 Å². The van der Waals surface area contributed by atoms with Gasteiger partial charge in [0.05, 0.1) is 6.61 Å². The number of unbranched alkanes of at least 4 members (excludes halogenated alkanes) is 4. The van der Waals surface area contributed by atoms with Gasteiger partial charge in [-0.25, -0.2) is 0 Å². The Bertz CT molecular complexity index is 171. The smallest absolute Gasteiger partial charge is 0.0540 e. The molecule has 0 aromatic rings. The second-order valence-corrected chi connectivity index (χ2v) is 3.05. The topological polar surface area (TPSA) is 20.2 Å².